The van der Waals surface area contributed by atoms with E-state index in [0.717, 1.165) is 6.42 Å². The molecule has 0 saturated carbocycles. The van der Waals surface area contributed by atoms with Crippen molar-refractivity contribution in [2.45, 2.75) is 57.8 Å². The summed E-state index contributed by atoms with van der Waals surface area (Å²) in [6, 6.07) is 0.261. The molecule has 1 aliphatic heterocycles. The zero-order valence-electron chi connectivity index (χ0n) is 13.1. The van der Waals surface area contributed by atoms with E-state index in [-0.39, 0.29) is 17.0 Å². The molecule has 2 nitrogen and oxygen atoms in total. The number of amides is 1. The van der Waals surface area contributed by atoms with Gasteiger partial charge in [-0.05, 0) is 17.2 Å². The topological polar surface area (TPSA) is 20.3 Å². The summed E-state index contributed by atoms with van der Waals surface area (Å²) in [5, 5.41) is 0.169. The van der Waals surface area contributed by atoms with Crippen LogP contribution in [-0.2, 0) is 4.79 Å². The summed E-state index contributed by atoms with van der Waals surface area (Å²) in [6.45, 7) is 11.3. The summed E-state index contributed by atoms with van der Waals surface area (Å²) in [5.41, 5.74) is 0. The SMILES string of the molecule is CC(C)(C)[Si](C)(C)N1C(=O)[C@@H]2CC#C/C=C\C#CC[C@H]21. The quantitative estimate of drug-likeness (QED) is 0.412. The number of carbonyl (C=O) groups is 1. The van der Waals surface area contributed by atoms with Crippen molar-refractivity contribution in [3.63, 3.8) is 0 Å². The van der Waals surface area contributed by atoms with Crippen molar-refractivity contribution in [2.24, 2.45) is 5.92 Å². The van der Waals surface area contributed by atoms with Crippen LogP contribution in [0.4, 0.5) is 0 Å². The first-order chi connectivity index (χ1) is 9.27. The molecule has 1 fully saturated rings. The van der Waals surface area contributed by atoms with Crippen molar-refractivity contribution in [3.8, 4) is 23.7 Å². The van der Waals surface area contributed by atoms with Crippen LogP contribution >= 0.6 is 0 Å². The van der Waals surface area contributed by atoms with E-state index >= 15 is 0 Å². The fourth-order valence-electron chi connectivity index (χ4n) is 2.65. The van der Waals surface area contributed by atoms with Gasteiger partial charge in [-0.25, -0.2) is 0 Å². The molecule has 0 aromatic heterocycles. The van der Waals surface area contributed by atoms with Gasteiger partial charge in [-0.1, -0.05) is 57.5 Å². The van der Waals surface area contributed by atoms with E-state index in [1.54, 1.807) is 12.2 Å². The third-order valence-electron chi connectivity index (χ3n) is 4.88. The Balaban J connectivity index is 2.29. The van der Waals surface area contributed by atoms with E-state index in [1.807, 2.05) is 0 Å². The maximum atomic E-state index is 12.6. The van der Waals surface area contributed by atoms with E-state index in [2.05, 4.69) is 62.1 Å². The number of rotatable bonds is 1. The summed E-state index contributed by atoms with van der Waals surface area (Å²) in [7, 11) is -1.81. The van der Waals surface area contributed by atoms with Crippen molar-refractivity contribution >= 4 is 14.1 Å². The molecule has 106 valence electrons. The predicted octanol–water partition coefficient (Wildman–Crippen LogP) is 3.18. The molecule has 0 bridgehead atoms. The van der Waals surface area contributed by atoms with Gasteiger partial charge in [-0.15, -0.1) is 0 Å². The zero-order valence-corrected chi connectivity index (χ0v) is 14.1. The number of allylic oxidation sites excluding steroid dienone is 2. The van der Waals surface area contributed by atoms with Gasteiger partial charge in [-0.3, -0.25) is 4.79 Å². The Hall–Kier alpha value is -1.45. The lowest BCUT2D eigenvalue weighted by Gasteiger charge is -2.58. The zero-order chi connectivity index (χ0) is 15.0. The largest absolute Gasteiger partial charge is 0.364 e. The van der Waals surface area contributed by atoms with Crippen LogP contribution in [-0.4, -0.2) is 24.7 Å². The number of hydrogen-bond acceptors (Lipinski definition) is 1. The van der Waals surface area contributed by atoms with Crippen LogP contribution in [0.15, 0.2) is 12.2 Å². The lowest BCUT2D eigenvalue weighted by atomic mass is 9.85. The Morgan fingerprint density at radius 2 is 1.70 bits per heavy atom. The van der Waals surface area contributed by atoms with E-state index in [1.165, 1.54) is 0 Å². The molecular weight excluding hydrogens is 262 g/mol. The number of nitrogens with zero attached hydrogens (tertiary/aromatic N) is 1. The highest BCUT2D eigenvalue weighted by Crippen LogP contribution is 2.46. The molecule has 3 heteroatoms. The molecule has 0 unspecified atom stereocenters. The van der Waals surface area contributed by atoms with Crippen molar-refractivity contribution in [1.82, 2.24) is 4.57 Å². The second-order valence-electron chi connectivity index (χ2n) is 7.07. The summed E-state index contributed by atoms with van der Waals surface area (Å²) in [5.74, 6) is 12.6. The Bertz CT molecular complexity index is 560. The Kier molecular flexibility index (Phi) is 3.85. The number of carbonyl (C=O) groups excluding carboxylic acids is 1. The molecule has 20 heavy (non-hydrogen) atoms. The molecular formula is C17H23NOSi. The second-order valence-corrected chi connectivity index (χ2v) is 12.2. The highest BCUT2D eigenvalue weighted by atomic mass is 28.3. The summed E-state index contributed by atoms with van der Waals surface area (Å²) in [6.07, 6.45) is 5.00. The fraction of sp³-hybridized carbons (Fsp3) is 0.588. The van der Waals surface area contributed by atoms with Gasteiger partial charge >= 0.3 is 0 Å². The minimum atomic E-state index is -1.81. The molecule has 0 radical (unpaired) electrons. The third kappa shape index (κ3) is 2.43. The smallest absolute Gasteiger partial charge is 0.221 e. The standard InChI is InChI=1S/C17H23NOSi/c1-17(2,3)20(4,5)18-15-13-11-9-7-6-8-10-12-14(15)16(18)19/h6-7,14-15H,12-13H2,1-5H3/b7-6-/t14-,15-/m1/s1. The van der Waals surface area contributed by atoms with Crippen molar-refractivity contribution in [3.05, 3.63) is 12.2 Å². The van der Waals surface area contributed by atoms with E-state index in [9.17, 15) is 4.79 Å². The number of β-lactam (4-membered cyclic amide) rings is 1. The lowest BCUT2D eigenvalue weighted by molar-refractivity contribution is -0.147. The highest BCUT2D eigenvalue weighted by Gasteiger charge is 2.56. The van der Waals surface area contributed by atoms with Crippen LogP contribution in [0.25, 0.3) is 0 Å². The number of fused-ring (bicyclic) bond motifs is 1. The molecule has 0 spiro atoms. The van der Waals surface area contributed by atoms with E-state index in [4.69, 9.17) is 0 Å². The Morgan fingerprint density at radius 3 is 2.25 bits per heavy atom. The Labute approximate surface area is 123 Å². The predicted molar refractivity (Wildman–Crippen MR) is 85.2 cm³/mol. The van der Waals surface area contributed by atoms with E-state index in [0.29, 0.717) is 12.3 Å². The minimum Gasteiger partial charge on any atom is -0.364 e. The van der Waals surface area contributed by atoms with Crippen LogP contribution in [0.1, 0.15) is 33.6 Å². The van der Waals surface area contributed by atoms with Crippen molar-refractivity contribution in [1.29, 1.82) is 0 Å². The summed E-state index contributed by atoms with van der Waals surface area (Å²) >= 11 is 0. The first kappa shape index (κ1) is 14.9. The normalized spacial score (nSPS) is 27.2. The van der Waals surface area contributed by atoms with Gasteiger partial charge in [0.1, 0.15) is 0 Å². The maximum absolute atomic E-state index is 12.6. The van der Waals surface area contributed by atoms with Crippen molar-refractivity contribution < 1.29 is 4.79 Å². The lowest BCUT2D eigenvalue weighted by Crippen LogP contribution is -2.72. The molecule has 0 aromatic rings. The van der Waals surface area contributed by atoms with Crippen LogP contribution in [0, 0.1) is 29.6 Å². The molecule has 2 atom stereocenters. The first-order valence-corrected chi connectivity index (χ1v) is 10.2. The second kappa shape index (κ2) is 5.15. The highest BCUT2D eigenvalue weighted by molar-refractivity contribution is 6.80. The molecule has 1 saturated heterocycles. The molecule has 1 heterocycles. The Morgan fingerprint density at radius 1 is 1.15 bits per heavy atom. The molecule has 1 aliphatic carbocycles. The molecule has 2 rings (SSSR count). The van der Waals surface area contributed by atoms with Gasteiger partial charge in [0.05, 0.1) is 5.92 Å². The molecule has 0 aromatic carbocycles. The molecule has 0 N–H and O–H groups in total. The monoisotopic (exact) mass is 285 g/mol. The fourth-order valence-corrected chi connectivity index (χ4v) is 5.19. The summed E-state index contributed by atoms with van der Waals surface area (Å²) in [4.78, 5) is 12.6. The average molecular weight is 285 g/mol. The van der Waals surface area contributed by atoms with Gasteiger partial charge in [0.2, 0.25) is 5.91 Å². The molecule has 2 aliphatic rings. The van der Waals surface area contributed by atoms with Gasteiger partial charge in [-0.2, -0.15) is 0 Å². The average Bonchev–Trinajstić information content (AvgIpc) is 2.33. The van der Waals surface area contributed by atoms with E-state index < -0.39 is 8.24 Å². The minimum absolute atomic E-state index is 0.0532. The van der Waals surface area contributed by atoms with Crippen LogP contribution in [0.3, 0.4) is 0 Å². The van der Waals surface area contributed by atoms with Crippen LogP contribution in [0.2, 0.25) is 18.1 Å². The maximum Gasteiger partial charge on any atom is 0.221 e. The van der Waals surface area contributed by atoms with Crippen LogP contribution < -0.4 is 0 Å². The summed E-state index contributed by atoms with van der Waals surface area (Å²) < 4.78 is 2.18. The molecule has 1 amide bonds. The first-order valence-electron chi connectivity index (χ1n) is 7.22. The number of hydrogen-bond donors (Lipinski definition) is 0. The third-order valence-corrected chi connectivity index (χ3v) is 10.3. The van der Waals surface area contributed by atoms with Crippen molar-refractivity contribution in [2.75, 3.05) is 0 Å². The van der Waals surface area contributed by atoms with Gasteiger partial charge < -0.3 is 4.57 Å². The van der Waals surface area contributed by atoms with Gasteiger partial charge in [0.15, 0.2) is 8.24 Å². The van der Waals surface area contributed by atoms with Gasteiger partial charge in [0.25, 0.3) is 0 Å². The van der Waals surface area contributed by atoms with Crippen LogP contribution in [0.5, 0.6) is 0 Å². The van der Waals surface area contributed by atoms with Gasteiger partial charge in [0, 0.05) is 18.9 Å².